The van der Waals surface area contributed by atoms with Crippen LogP contribution in [0, 0.1) is 0 Å². The van der Waals surface area contributed by atoms with E-state index in [0.717, 1.165) is 16.8 Å². The van der Waals surface area contributed by atoms with Crippen LogP contribution >= 0.6 is 27.3 Å². The number of rotatable bonds is 5. The third-order valence-corrected chi connectivity index (χ3v) is 4.43. The molecule has 0 aliphatic heterocycles. The first kappa shape index (κ1) is 15.5. The lowest BCUT2D eigenvalue weighted by atomic mass is 10.1. The molecular formula is C16H20BrNOS. The molecule has 0 unspecified atom stereocenters. The molecule has 0 atom stereocenters. The lowest BCUT2D eigenvalue weighted by molar-refractivity contribution is 0.308. The second-order valence-corrected chi connectivity index (χ2v) is 7.80. The van der Waals surface area contributed by atoms with Gasteiger partial charge in [0.2, 0.25) is 0 Å². The van der Waals surface area contributed by atoms with Crippen molar-refractivity contribution in [3.05, 3.63) is 50.6 Å². The summed E-state index contributed by atoms with van der Waals surface area (Å²) in [6, 6.07) is 12.2. The Bertz CT molecular complexity index is 560. The first-order valence-electron chi connectivity index (χ1n) is 6.64. The summed E-state index contributed by atoms with van der Waals surface area (Å²) in [4.78, 5) is 2.58. The lowest BCUT2D eigenvalue weighted by Gasteiger charge is -2.19. The quantitative estimate of drug-likeness (QED) is 0.818. The second-order valence-electron chi connectivity index (χ2n) is 5.69. The molecule has 0 bridgehead atoms. The molecule has 1 aromatic heterocycles. The summed E-state index contributed by atoms with van der Waals surface area (Å²) >= 11 is 5.29. The number of benzene rings is 1. The van der Waals surface area contributed by atoms with Gasteiger partial charge in [-0.15, -0.1) is 11.3 Å². The van der Waals surface area contributed by atoms with Gasteiger partial charge >= 0.3 is 0 Å². The molecule has 0 fully saturated rings. The van der Waals surface area contributed by atoms with E-state index < -0.39 is 0 Å². The molecular weight excluding hydrogens is 334 g/mol. The van der Waals surface area contributed by atoms with Gasteiger partial charge in [-0.25, -0.2) is 0 Å². The standard InChI is InChI=1S/C16H20BrNOS/c1-16(2,3)18-10-12-8-9-13(20-12)11-19-15-7-5-4-6-14(15)17/h4-9,18H,10-11H2,1-3H3. The van der Waals surface area contributed by atoms with Gasteiger partial charge in [0.1, 0.15) is 12.4 Å². The molecule has 0 aliphatic rings. The maximum atomic E-state index is 5.82. The minimum Gasteiger partial charge on any atom is -0.487 e. The smallest absolute Gasteiger partial charge is 0.134 e. The van der Waals surface area contributed by atoms with Crippen molar-refractivity contribution in [3.8, 4) is 5.75 Å². The lowest BCUT2D eigenvalue weighted by Crippen LogP contribution is -2.34. The summed E-state index contributed by atoms with van der Waals surface area (Å²) in [7, 11) is 0. The second kappa shape index (κ2) is 6.74. The van der Waals surface area contributed by atoms with Crippen LogP contribution in [0.15, 0.2) is 40.9 Å². The largest absolute Gasteiger partial charge is 0.487 e. The molecule has 108 valence electrons. The molecule has 20 heavy (non-hydrogen) atoms. The van der Waals surface area contributed by atoms with Crippen molar-refractivity contribution in [2.75, 3.05) is 0 Å². The minimum atomic E-state index is 0.148. The zero-order valence-electron chi connectivity index (χ0n) is 12.1. The maximum Gasteiger partial charge on any atom is 0.134 e. The SMILES string of the molecule is CC(C)(C)NCc1ccc(COc2ccccc2Br)s1. The van der Waals surface area contributed by atoms with E-state index in [1.54, 1.807) is 11.3 Å². The summed E-state index contributed by atoms with van der Waals surface area (Å²) in [5.41, 5.74) is 0.148. The topological polar surface area (TPSA) is 21.3 Å². The number of halogens is 1. The van der Waals surface area contributed by atoms with Crippen LogP contribution in [-0.4, -0.2) is 5.54 Å². The summed E-state index contributed by atoms with van der Waals surface area (Å²) in [6.45, 7) is 8.05. The normalized spacial score (nSPS) is 11.6. The number of thiophene rings is 1. The van der Waals surface area contributed by atoms with Crippen LogP contribution in [0.1, 0.15) is 30.5 Å². The van der Waals surface area contributed by atoms with Crippen molar-refractivity contribution in [1.82, 2.24) is 5.32 Å². The van der Waals surface area contributed by atoms with Gasteiger partial charge in [0.15, 0.2) is 0 Å². The van der Waals surface area contributed by atoms with Crippen molar-refractivity contribution < 1.29 is 4.74 Å². The molecule has 0 saturated heterocycles. The summed E-state index contributed by atoms with van der Waals surface area (Å²) < 4.78 is 6.82. The number of ether oxygens (including phenoxy) is 1. The molecule has 1 N–H and O–H groups in total. The molecule has 2 rings (SSSR count). The summed E-state index contributed by atoms with van der Waals surface area (Å²) in [5, 5.41) is 3.50. The molecule has 0 radical (unpaired) electrons. The van der Waals surface area contributed by atoms with Gasteiger partial charge in [0, 0.05) is 21.8 Å². The maximum absolute atomic E-state index is 5.82. The van der Waals surface area contributed by atoms with Crippen molar-refractivity contribution in [1.29, 1.82) is 0 Å². The monoisotopic (exact) mass is 353 g/mol. The molecule has 1 aromatic carbocycles. The van der Waals surface area contributed by atoms with Crippen LogP contribution < -0.4 is 10.1 Å². The van der Waals surface area contributed by atoms with Gasteiger partial charge in [0.25, 0.3) is 0 Å². The fourth-order valence-electron chi connectivity index (χ4n) is 1.66. The number of nitrogens with one attached hydrogen (secondary N) is 1. The molecule has 0 spiro atoms. The molecule has 0 amide bonds. The predicted molar refractivity (Wildman–Crippen MR) is 89.4 cm³/mol. The van der Waals surface area contributed by atoms with E-state index in [1.807, 2.05) is 24.3 Å². The Labute approximate surface area is 133 Å². The van der Waals surface area contributed by atoms with E-state index in [9.17, 15) is 0 Å². The Balaban J connectivity index is 1.89. The third kappa shape index (κ3) is 4.93. The van der Waals surface area contributed by atoms with Crippen molar-refractivity contribution in [3.63, 3.8) is 0 Å². The van der Waals surface area contributed by atoms with Gasteiger partial charge in [0.05, 0.1) is 4.47 Å². The Kier molecular flexibility index (Phi) is 5.24. The molecule has 2 nitrogen and oxygen atoms in total. The highest BCUT2D eigenvalue weighted by Gasteiger charge is 2.09. The Morgan fingerprint density at radius 2 is 1.80 bits per heavy atom. The van der Waals surface area contributed by atoms with Crippen LogP contribution in [-0.2, 0) is 13.2 Å². The predicted octanol–water partition coefficient (Wildman–Crippen LogP) is 4.98. The average molecular weight is 354 g/mol. The molecule has 2 aromatic rings. The Hall–Kier alpha value is -0.840. The van der Waals surface area contributed by atoms with Gasteiger partial charge < -0.3 is 10.1 Å². The van der Waals surface area contributed by atoms with Crippen LogP contribution in [0.25, 0.3) is 0 Å². The molecule has 4 heteroatoms. The van der Waals surface area contributed by atoms with Gasteiger partial charge in [-0.05, 0) is 61.0 Å². The number of para-hydroxylation sites is 1. The highest BCUT2D eigenvalue weighted by atomic mass is 79.9. The first-order chi connectivity index (χ1) is 9.44. The van der Waals surface area contributed by atoms with Crippen molar-refractivity contribution in [2.45, 2.75) is 39.5 Å². The van der Waals surface area contributed by atoms with E-state index in [4.69, 9.17) is 4.74 Å². The van der Waals surface area contributed by atoms with E-state index in [2.05, 4.69) is 54.2 Å². The van der Waals surface area contributed by atoms with E-state index in [0.29, 0.717) is 6.61 Å². The zero-order valence-corrected chi connectivity index (χ0v) is 14.5. The van der Waals surface area contributed by atoms with E-state index >= 15 is 0 Å². The zero-order chi connectivity index (χ0) is 14.6. The number of hydrogen-bond donors (Lipinski definition) is 1. The van der Waals surface area contributed by atoms with E-state index in [-0.39, 0.29) is 5.54 Å². The van der Waals surface area contributed by atoms with Gasteiger partial charge in [-0.3, -0.25) is 0 Å². The van der Waals surface area contributed by atoms with Crippen molar-refractivity contribution >= 4 is 27.3 Å². The summed E-state index contributed by atoms with van der Waals surface area (Å²) in [5.74, 6) is 0.885. The third-order valence-electron chi connectivity index (χ3n) is 2.72. The van der Waals surface area contributed by atoms with E-state index in [1.165, 1.54) is 9.75 Å². The van der Waals surface area contributed by atoms with Gasteiger partial charge in [-0.2, -0.15) is 0 Å². The number of hydrogen-bond acceptors (Lipinski definition) is 3. The van der Waals surface area contributed by atoms with Crippen LogP contribution in [0.5, 0.6) is 5.75 Å². The molecule has 1 heterocycles. The summed E-state index contributed by atoms with van der Waals surface area (Å²) in [6.07, 6.45) is 0. The average Bonchev–Trinajstić information content (AvgIpc) is 2.83. The highest BCUT2D eigenvalue weighted by molar-refractivity contribution is 9.10. The van der Waals surface area contributed by atoms with Crippen LogP contribution in [0.3, 0.4) is 0 Å². The Morgan fingerprint density at radius 3 is 2.50 bits per heavy atom. The highest BCUT2D eigenvalue weighted by Crippen LogP contribution is 2.26. The van der Waals surface area contributed by atoms with Crippen LogP contribution in [0.2, 0.25) is 0 Å². The molecule has 0 aliphatic carbocycles. The Morgan fingerprint density at radius 1 is 1.10 bits per heavy atom. The fraction of sp³-hybridized carbons (Fsp3) is 0.375. The minimum absolute atomic E-state index is 0.148. The van der Waals surface area contributed by atoms with Crippen LogP contribution in [0.4, 0.5) is 0 Å². The molecule has 0 saturated carbocycles. The van der Waals surface area contributed by atoms with Gasteiger partial charge in [-0.1, -0.05) is 12.1 Å². The first-order valence-corrected chi connectivity index (χ1v) is 8.25. The fourth-order valence-corrected chi connectivity index (χ4v) is 2.93. The van der Waals surface area contributed by atoms with Crippen molar-refractivity contribution in [2.24, 2.45) is 0 Å².